The molecule has 22 heavy (non-hydrogen) atoms. The first-order chi connectivity index (χ1) is 10.6. The van der Waals surface area contributed by atoms with Gasteiger partial charge in [0, 0.05) is 16.6 Å². The number of ether oxygens (including phenoxy) is 1. The van der Waals surface area contributed by atoms with Crippen molar-refractivity contribution in [3.05, 3.63) is 46.5 Å². The summed E-state index contributed by atoms with van der Waals surface area (Å²) in [7, 11) is 0. The van der Waals surface area contributed by atoms with Gasteiger partial charge in [-0.2, -0.15) is 4.91 Å². The summed E-state index contributed by atoms with van der Waals surface area (Å²) in [4.78, 5) is 21.2. The number of anilines is 1. The van der Waals surface area contributed by atoms with Crippen LogP contribution in [-0.2, 0) is 6.54 Å². The monoisotopic (exact) mass is 301 g/mol. The van der Waals surface area contributed by atoms with E-state index in [1.54, 1.807) is 12.1 Å². The van der Waals surface area contributed by atoms with E-state index in [1.165, 1.54) is 12.4 Å². The van der Waals surface area contributed by atoms with Gasteiger partial charge in [-0.3, -0.25) is 0 Å². The van der Waals surface area contributed by atoms with Crippen LogP contribution in [0, 0.1) is 17.6 Å². The lowest BCUT2D eigenvalue weighted by Crippen LogP contribution is -2.02. The highest BCUT2D eigenvalue weighted by Gasteiger charge is 2.16. The molecule has 0 saturated carbocycles. The zero-order valence-electron chi connectivity index (χ0n) is 11.6. The van der Waals surface area contributed by atoms with Gasteiger partial charge >= 0.3 is 0 Å². The number of rotatable bonds is 4. The number of hydrogen-bond donors (Lipinski definition) is 2. The number of H-pyrrole nitrogens is 1. The van der Waals surface area contributed by atoms with Crippen LogP contribution >= 0.6 is 0 Å². The number of nitrogen functional groups attached to an aromatic ring is 1. The summed E-state index contributed by atoms with van der Waals surface area (Å²) in [6, 6.07) is 4.85. The largest absolute Gasteiger partial charge is 0.435 e. The molecule has 0 unspecified atom stereocenters. The molecule has 0 fully saturated rings. The van der Waals surface area contributed by atoms with Crippen LogP contribution in [0.15, 0.2) is 29.7 Å². The van der Waals surface area contributed by atoms with Crippen LogP contribution in [-0.4, -0.2) is 15.0 Å². The van der Waals surface area contributed by atoms with Crippen molar-refractivity contribution in [1.82, 2.24) is 15.0 Å². The summed E-state index contributed by atoms with van der Waals surface area (Å²) >= 11 is 0. The van der Waals surface area contributed by atoms with Gasteiger partial charge < -0.3 is 15.5 Å². The lowest BCUT2D eigenvalue weighted by Gasteiger charge is -2.10. The lowest BCUT2D eigenvalue weighted by atomic mass is 10.2. The molecule has 1 aromatic carbocycles. The van der Waals surface area contributed by atoms with Crippen LogP contribution < -0.4 is 10.5 Å². The van der Waals surface area contributed by atoms with Crippen LogP contribution in [0.25, 0.3) is 10.9 Å². The number of hydrogen-bond acceptors (Lipinski definition) is 6. The highest BCUT2D eigenvalue weighted by atomic mass is 19.1. The van der Waals surface area contributed by atoms with Gasteiger partial charge in [-0.15, -0.1) is 0 Å². The van der Waals surface area contributed by atoms with Gasteiger partial charge in [-0.05, 0) is 25.1 Å². The summed E-state index contributed by atoms with van der Waals surface area (Å²) in [5, 5.41) is 3.17. The zero-order valence-corrected chi connectivity index (χ0v) is 11.6. The van der Waals surface area contributed by atoms with Gasteiger partial charge in [0.05, 0.1) is 5.56 Å². The van der Waals surface area contributed by atoms with E-state index in [0.717, 1.165) is 5.69 Å². The Kier molecular flexibility index (Phi) is 3.42. The summed E-state index contributed by atoms with van der Waals surface area (Å²) in [6.45, 7) is 1.58. The first-order valence-corrected chi connectivity index (χ1v) is 6.44. The number of benzene rings is 1. The first-order valence-electron chi connectivity index (χ1n) is 6.44. The molecule has 2 aromatic heterocycles. The normalized spacial score (nSPS) is 10.8. The average Bonchev–Trinajstić information content (AvgIpc) is 2.87. The van der Waals surface area contributed by atoms with Gasteiger partial charge in [0.2, 0.25) is 5.88 Å². The number of aryl methyl sites for hydroxylation is 1. The van der Waals surface area contributed by atoms with Crippen LogP contribution in [0.4, 0.5) is 10.2 Å². The fraction of sp³-hybridized carbons (Fsp3) is 0.143. The minimum absolute atomic E-state index is 0.0117. The molecule has 0 saturated heterocycles. The Balaban J connectivity index is 2.05. The Morgan fingerprint density at radius 3 is 3.00 bits per heavy atom. The molecule has 0 amide bonds. The van der Waals surface area contributed by atoms with E-state index in [4.69, 9.17) is 10.5 Å². The number of nitrogens with one attached hydrogen (secondary N) is 1. The molecule has 0 aliphatic carbocycles. The average molecular weight is 301 g/mol. The number of nitrogens with two attached hydrogens (primary N) is 1. The smallest absolute Gasteiger partial charge is 0.229 e. The molecule has 3 aromatic rings. The van der Waals surface area contributed by atoms with Crippen LogP contribution in [0.5, 0.6) is 11.6 Å². The van der Waals surface area contributed by atoms with Gasteiger partial charge in [0.15, 0.2) is 11.6 Å². The highest BCUT2D eigenvalue weighted by Crippen LogP contribution is 2.32. The Bertz CT molecular complexity index is 862. The number of halogens is 1. The van der Waals surface area contributed by atoms with E-state index < -0.39 is 5.82 Å². The Hall–Kier alpha value is -3.03. The van der Waals surface area contributed by atoms with Crippen molar-refractivity contribution in [2.24, 2.45) is 5.18 Å². The fourth-order valence-electron chi connectivity index (χ4n) is 2.18. The second kappa shape index (κ2) is 5.40. The van der Waals surface area contributed by atoms with Crippen LogP contribution in [0.1, 0.15) is 11.3 Å². The predicted octanol–water partition coefficient (Wildman–Crippen LogP) is 3.05. The summed E-state index contributed by atoms with van der Waals surface area (Å²) in [5.41, 5.74) is 7.39. The Morgan fingerprint density at radius 1 is 1.41 bits per heavy atom. The molecule has 0 aliphatic heterocycles. The van der Waals surface area contributed by atoms with E-state index in [2.05, 4.69) is 20.1 Å². The number of aromatic amines is 1. The third-order valence-corrected chi connectivity index (χ3v) is 3.21. The van der Waals surface area contributed by atoms with Crippen molar-refractivity contribution in [3.8, 4) is 11.6 Å². The standard InChI is InChI=1S/C14H12FN5O2/c1-7-4-8-10(20-7)2-3-11(12(8)15)22-14-9(5-19-21)13(16)17-6-18-14/h2-4,6,20H,5H2,1H3,(H2,16,17,18). The lowest BCUT2D eigenvalue weighted by molar-refractivity contribution is 0.425. The maximum Gasteiger partial charge on any atom is 0.229 e. The second-order valence-electron chi connectivity index (χ2n) is 4.72. The molecule has 0 bridgehead atoms. The second-order valence-corrected chi connectivity index (χ2v) is 4.72. The van der Waals surface area contributed by atoms with E-state index in [0.29, 0.717) is 10.9 Å². The molecule has 0 spiro atoms. The molecule has 112 valence electrons. The molecular formula is C14H12FN5O2. The fourth-order valence-corrected chi connectivity index (χ4v) is 2.18. The molecule has 8 heteroatoms. The molecular weight excluding hydrogens is 289 g/mol. The van der Waals surface area contributed by atoms with E-state index in [1.807, 2.05) is 6.92 Å². The minimum Gasteiger partial charge on any atom is -0.435 e. The number of fused-ring (bicyclic) bond motifs is 1. The zero-order chi connectivity index (χ0) is 15.7. The quantitative estimate of drug-likeness (QED) is 0.720. The minimum atomic E-state index is -0.524. The highest BCUT2D eigenvalue weighted by molar-refractivity contribution is 5.82. The van der Waals surface area contributed by atoms with Crippen molar-refractivity contribution in [1.29, 1.82) is 0 Å². The van der Waals surface area contributed by atoms with E-state index >= 15 is 0 Å². The SMILES string of the molecule is Cc1cc2c(F)c(Oc3ncnc(N)c3CN=O)ccc2[nH]1. The third kappa shape index (κ3) is 2.34. The number of aromatic nitrogens is 3. The molecule has 7 nitrogen and oxygen atoms in total. The molecule has 0 aliphatic rings. The van der Waals surface area contributed by atoms with Crippen LogP contribution in [0.2, 0.25) is 0 Å². The van der Waals surface area contributed by atoms with Gasteiger partial charge in [-0.1, -0.05) is 5.18 Å². The number of nitroso groups, excluding NO2 is 1. The molecule has 0 radical (unpaired) electrons. The predicted molar refractivity (Wildman–Crippen MR) is 79.0 cm³/mol. The summed E-state index contributed by atoms with van der Waals surface area (Å²) < 4.78 is 20.0. The van der Waals surface area contributed by atoms with Crippen molar-refractivity contribution < 1.29 is 9.13 Å². The van der Waals surface area contributed by atoms with Gasteiger partial charge in [0.25, 0.3) is 0 Å². The molecule has 2 heterocycles. The maximum absolute atomic E-state index is 14.5. The summed E-state index contributed by atoms with van der Waals surface area (Å²) in [5.74, 6) is -0.457. The molecule has 0 atom stereocenters. The van der Waals surface area contributed by atoms with Crippen molar-refractivity contribution >= 4 is 16.7 Å². The molecule has 3 N–H and O–H groups in total. The van der Waals surface area contributed by atoms with E-state index in [-0.39, 0.29) is 29.6 Å². The van der Waals surface area contributed by atoms with Crippen molar-refractivity contribution in [2.45, 2.75) is 13.5 Å². The topological polar surface area (TPSA) is 106 Å². The van der Waals surface area contributed by atoms with Crippen LogP contribution in [0.3, 0.4) is 0 Å². The molecule has 3 rings (SSSR count). The summed E-state index contributed by atoms with van der Waals surface area (Å²) in [6.07, 6.45) is 1.18. The Labute approximate surface area is 124 Å². The van der Waals surface area contributed by atoms with Crippen molar-refractivity contribution in [2.75, 3.05) is 5.73 Å². The number of nitrogens with zero attached hydrogens (tertiary/aromatic N) is 3. The Morgan fingerprint density at radius 2 is 2.23 bits per heavy atom. The third-order valence-electron chi connectivity index (χ3n) is 3.21. The van der Waals surface area contributed by atoms with Gasteiger partial charge in [-0.25, -0.2) is 14.4 Å². The maximum atomic E-state index is 14.5. The van der Waals surface area contributed by atoms with Gasteiger partial charge in [0.1, 0.15) is 18.7 Å². The van der Waals surface area contributed by atoms with Crippen molar-refractivity contribution in [3.63, 3.8) is 0 Å². The first kappa shape index (κ1) is 13.9. The van der Waals surface area contributed by atoms with E-state index in [9.17, 15) is 9.30 Å².